The lowest BCUT2D eigenvalue weighted by Gasteiger charge is -2.08. The van der Waals surface area contributed by atoms with Gasteiger partial charge in [-0.25, -0.2) is 9.97 Å². The molecule has 3 rings (SSSR count). The Bertz CT molecular complexity index is 1080. The molecule has 1 aromatic heterocycles. The highest BCUT2D eigenvalue weighted by Crippen LogP contribution is 2.13. The standard InChI is InChI=1S/C21H16BrN5O2/c22-17-3-1-2-16(8-17)9-20(28)27-19-10-18(25-13-26-19)21(29)24-12-15-6-4-14(11-23)5-7-15/h1-8,10,13H,9,12H2,(H,24,29)(H,25,26,27,28). The predicted octanol–water partition coefficient (Wildman–Crippen LogP) is 3.22. The smallest absolute Gasteiger partial charge is 0.270 e. The fourth-order valence-electron chi connectivity index (χ4n) is 2.54. The quantitative estimate of drug-likeness (QED) is 0.600. The summed E-state index contributed by atoms with van der Waals surface area (Å²) in [7, 11) is 0. The molecule has 0 aliphatic heterocycles. The molecule has 0 atom stereocenters. The van der Waals surface area contributed by atoms with Crippen molar-refractivity contribution in [2.45, 2.75) is 13.0 Å². The topological polar surface area (TPSA) is 108 Å². The Labute approximate surface area is 175 Å². The molecule has 8 heteroatoms. The van der Waals surface area contributed by atoms with E-state index in [1.165, 1.54) is 12.4 Å². The lowest BCUT2D eigenvalue weighted by atomic mass is 10.1. The van der Waals surface area contributed by atoms with Crippen LogP contribution in [0.4, 0.5) is 5.82 Å². The van der Waals surface area contributed by atoms with Gasteiger partial charge < -0.3 is 10.6 Å². The van der Waals surface area contributed by atoms with E-state index in [0.29, 0.717) is 12.1 Å². The lowest BCUT2D eigenvalue weighted by molar-refractivity contribution is -0.115. The van der Waals surface area contributed by atoms with Gasteiger partial charge in [-0.1, -0.05) is 40.2 Å². The monoisotopic (exact) mass is 449 g/mol. The maximum absolute atomic E-state index is 12.3. The van der Waals surface area contributed by atoms with Gasteiger partial charge in [0.2, 0.25) is 5.91 Å². The number of carbonyl (C=O) groups excluding carboxylic acids is 2. The molecule has 0 aliphatic rings. The van der Waals surface area contributed by atoms with Gasteiger partial charge >= 0.3 is 0 Å². The summed E-state index contributed by atoms with van der Waals surface area (Å²) in [6, 6.07) is 17.8. The molecule has 0 unspecified atom stereocenters. The van der Waals surface area contributed by atoms with Crippen molar-refractivity contribution in [2.24, 2.45) is 0 Å². The molecule has 3 aromatic rings. The average Bonchev–Trinajstić information content (AvgIpc) is 2.72. The highest BCUT2D eigenvalue weighted by Gasteiger charge is 2.11. The Hall–Kier alpha value is -3.57. The van der Waals surface area contributed by atoms with Crippen molar-refractivity contribution in [3.63, 3.8) is 0 Å². The minimum atomic E-state index is -0.390. The van der Waals surface area contributed by atoms with Crippen LogP contribution in [0.5, 0.6) is 0 Å². The molecular weight excluding hydrogens is 434 g/mol. The van der Waals surface area contributed by atoms with Crippen LogP contribution in [0.1, 0.15) is 27.2 Å². The largest absolute Gasteiger partial charge is 0.347 e. The molecule has 0 radical (unpaired) electrons. The maximum Gasteiger partial charge on any atom is 0.270 e. The molecule has 7 nitrogen and oxygen atoms in total. The number of hydrogen-bond donors (Lipinski definition) is 2. The predicted molar refractivity (Wildman–Crippen MR) is 111 cm³/mol. The number of nitrogens with zero attached hydrogens (tertiary/aromatic N) is 3. The summed E-state index contributed by atoms with van der Waals surface area (Å²) < 4.78 is 0.894. The number of benzene rings is 2. The maximum atomic E-state index is 12.3. The van der Waals surface area contributed by atoms with Crippen LogP contribution < -0.4 is 10.6 Å². The number of hydrogen-bond acceptors (Lipinski definition) is 5. The summed E-state index contributed by atoms with van der Waals surface area (Å²) in [5, 5.41) is 14.2. The zero-order valence-corrected chi connectivity index (χ0v) is 16.8. The minimum absolute atomic E-state index is 0.145. The van der Waals surface area contributed by atoms with E-state index >= 15 is 0 Å². The summed E-state index contributed by atoms with van der Waals surface area (Å²) in [5.41, 5.74) is 2.41. The van der Waals surface area contributed by atoms with Gasteiger partial charge in [0, 0.05) is 17.1 Å². The molecule has 0 aliphatic carbocycles. The van der Waals surface area contributed by atoms with Gasteiger partial charge in [0.15, 0.2) is 0 Å². The first-order valence-electron chi connectivity index (χ1n) is 8.67. The third-order valence-corrected chi connectivity index (χ3v) is 4.45. The molecule has 29 heavy (non-hydrogen) atoms. The molecule has 0 bridgehead atoms. The SMILES string of the molecule is N#Cc1ccc(CNC(=O)c2cc(NC(=O)Cc3cccc(Br)c3)ncn2)cc1. The molecule has 2 amide bonds. The van der Waals surface area contributed by atoms with Gasteiger partial charge in [0.1, 0.15) is 17.8 Å². The fourth-order valence-corrected chi connectivity index (χ4v) is 2.99. The van der Waals surface area contributed by atoms with E-state index in [2.05, 4.69) is 36.5 Å². The fraction of sp³-hybridized carbons (Fsp3) is 0.0952. The van der Waals surface area contributed by atoms with E-state index < -0.39 is 0 Å². The van der Waals surface area contributed by atoms with Gasteiger partial charge in [0.25, 0.3) is 5.91 Å². The molecular formula is C21H16BrN5O2. The molecule has 2 N–H and O–H groups in total. The zero-order valence-electron chi connectivity index (χ0n) is 15.2. The van der Waals surface area contributed by atoms with E-state index in [1.54, 1.807) is 24.3 Å². The van der Waals surface area contributed by atoms with E-state index in [0.717, 1.165) is 15.6 Å². The molecule has 1 heterocycles. The summed E-state index contributed by atoms with van der Waals surface area (Å²) in [6.07, 6.45) is 1.41. The van der Waals surface area contributed by atoms with Gasteiger partial charge in [-0.2, -0.15) is 5.26 Å². The average molecular weight is 450 g/mol. The number of nitrogens with one attached hydrogen (secondary N) is 2. The highest BCUT2D eigenvalue weighted by molar-refractivity contribution is 9.10. The number of carbonyl (C=O) groups is 2. The third-order valence-electron chi connectivity index (χ3n) is 3.96. The molecule has 0 saturated heterocycles. The second-order valence-electron chi connectivity index (χ2n) is 6.13. The van der Waals surface area contributed by atoms with Crippen molar-refractivity contribution in [1.82, 2.24) is 15.3 Å². The van der Waals surface area contributed by atoms with Crippen LogP contribution in [-0.2, 0) is 17.8 Å². The van der Waals surface area contributed by atoms with E-state index in [-0.39, 0.29) is 29.7 Å². The summed E-state index contributed by atoms with van der Waals surface area (Å²) in [6.45, 7) is 0.291. The van der Waals surface area contributed by atoms with Crippen LogP contribution in [0.25, 0.3) is 0 Å². The van der Waals surface area contributed by atoms with E-state index in [9.17, 15) is 9.59 Å². The normalized spacial score (nSPS) is 10.1. The lowest BCUT2D eigenvalue weighted by Crippen LogP contribution is -2.24. The number of amides is 2. The van der Waals surface area contributed by atoms with Crippen LogP contribution >= 0.6 is 15.9 Å². The van der Waals surface area contributed by atoms with Crippen molar-refractivity contribution < 1.29 is 9.59 Å². The number of nitriles is 1. The third kappa shape index (κ3) is 5.96. The van der Waals surface area contributed by atoms with Crippen LogP contribution in [0.3, 0.4) is 0 Å². The van der Waals surface area contributed by atoms with Gasteiger partial charge in [-0.05, 0) is 35.4 Å². The molecule has 0 fully saturated rings. The summed E-state index contributed by atoms with van der Waals surface area (Å²) in [4.78, 5) is 32.5. The molecule has 0 saturated carbocycles. The van der Waals surface area contributed by atoms with Crippen LogP contribution in [0, 0.1) is 11.3 Å². The highest BCUT2D eigenvalue weighted by atomic mass is 79.9. The number of aromatic nitrogens is 2. The second kappa shape index (κ2) is 9.57. The van der Waals surface area contributed by atoms with E-state index in [4.69, 9.17) is 5.26 Å². The van der Waals surface area contributed by atoms with Crippen molar-refractivity contribution >= 4 is 33.6 Å². The van der Waals surface area contributed by atoms with Crippen molar-refractivity contribution in [3.05, 3.63) is 87.8 Å². The van der Waals surface area contributed by atoms with Crippen LogP contribution in [-0.4, -0.2) is 21.8 Å². The van der Waals surface area contributed by atoms with Crippen LogP contribution in [0.15, 0.2) is 65.4 Å². The van der Waals surface area contributed by atoms with Crippen molar-refractivity contribution in [1.29, 1.82) is 5.26 Å². The first kappa shape index (κ1) is 20.2. The molecule has 2 aromatic carbocycles. The van der Waals surface area contributed by atoms with Crippen molar-refractivity contribution in [3.8, 4) is 6.07 Å². The van der Waals surface area contributed by atoms with Crippen LogP contribution in [0.2, 0.25) is 0 Å². The summed E-state index contributed by atoms with van der Waals surface area (Å²) in [5.74, 6) is -0.381. The Kier molecular flexibility index (Phi) is 6.66. The zero-order chi connectivity index (χ0) is 20.6. The first-order valence-corrected chi connectivity index (χ1v) is 9.46. The molecule has 144 valence electrons. The van der Waals surface area contributed by atoms with Gasteiger partial charge in [-0.3, -0.25) is 9.59 Å². The van der Waals surface area contributed by atoms with Crippen molar-refractivity contribution in [2.75, 3.05) is 5.32 Å². The minimum Gasteiger partial charge on any atom is -0.347 e. The first-order chi connectivity index (χ1) is 14.0. The molecule has 0 spiro atoms. The second-order valence-corrected chi connectivity index (χ2v) is 7.05. The summed E-state index contributed by atoms with van der Waals surface area (Å²) >= 11 is 3.37. The Balaban J connectivity index is 1.58. The van der Waals surface area contributed by atoms with E-state index in [1.807, 2.05) is 30.3 Å². The van der Waals surface area contributed by atoms with Gasteiger partial charge in [-0.15, -0.1) is 0 Å². The Morgan fingerprint density at radius 3 is 2.55 bits per heavy atom. The Morgan fingerprint density at radius 1 is 1.03 bits per heavy atom. The van der Waals surface area contributed by atoms with Gasteiger partial charge in [0.05, 0.1) is 18.1 Å². The number of rotatable bonds is 6. The number of anilines is 1. The Morgan fingerprint density at radius 2 is 1.83 bits per heavy atom. The number of halogens is 1.